The summed E-state index contributed by atoms with van der Waals surface area (Å²) in [6, 6.07) is 5.72. The quantitative estimate of drug-likeness (QED) is 0.729. The minimum Gasteiger partial charge on any atom is -0.492 e. The molecule has 2 heterocycles. The van der Waals surface area contributed by atoms with Gasteiger partial charge in [-0.2, -0.15) is 0 Å². The third-order valence-electron chi connectivity index (χ3n) is 6.11. The Kier molecular flexibility index (Phi) is 6.92. The zero-order chi connectivity index (χ0) is 18.5. The first-order chi connectivity index (χ1) is 12.6. The molecule has 5 heteroatoms. The number of piperidine rings is 1. The van der Waals surface area contributed by atoms with Gasteiger partial charge in [0.1, 0.15) is 12.4 Å². The minimum atomic E-state index is 0.168. The summed E-state index contributed by atoms with van der Waals surface area (Å²) in [4.78, 5) is 5.23. The number of piperazine rings is 1. The Morgan fingerprint density at radius 1 is 1.15 bits per heavy atom. The van der Waals surface area contributed by atoms with Crippen molar-refractivity contribution in [2.24, 2.45) is 0 Å². The Labute approximate surface area is 158 Å². The molecular formula is C21H35N3O2. The number of fused-ring (bicyclic) bond motifs is 1. The van der Waals surface area contributed by atoms with Gasteiger partial charge < -0.3 is 20.1 Å². The van der Waals surface area contributed by atoms with Crippen LogP contribution in [0, 0.1) is 13.8 Å². The number of likely N-dealkylation sites (N-methyl/N-ethyl adjacent to an activating group) is 1. The van der Waals surface area contributed by atoms with Crippen LogP contribution in [0.1, 0.15) is 42.0 Å². The molecule has 0 saturated carbocycles. The molecule has 3 rings (SSSR count). The van der Waals surface area contributed by atoms with Crippen molar-refractivity contribution >= 4 is 0 Å². The fraction of sp³-hybridized carbons (Fsp3) is 0.714. The highest BCUT2D eigenvalue weighted by molar-refractivity contribution is 5.45. The summed E-state index contributed by atoms with van der Waals surface area (Å²) >= 11 is 0. The molecule has 0 amide bonds. The lowest BCUT2D eigenvalue weighted by Crippen LogP contribution is -2.54. The predicted octanol–water partition coefficient (Wildman–Crippen LogP) is 2.11. The van der Waals surface area contributed by atoms with Crippen molar-refractivity contribution in [3.63, 3.8) is 0 Å². The second-order valence-electron chi connectivity index (χ2n) is 7.83. The van der Waals surface area contributed by atoms with E-state index in [1.807, 2.05) is 0 Å². The number of aliphatic hydroxyl groups is 1. The number of nitrogens with one attached hydrogen (secondary N) is 1. The van der Waals surface area contributed by atoms with Gasteiger partial charge in [0.2, 0.25) is 0 Å². The van der Waals surface area contributed by atoms with Crippen LogP contribution in [0.15, 0.2) is 12.1 Å². The lowest BCUT2D eigenvalue weighted by Gasteiger charge is -2.48. The summed E-state index contributed by atoms with van der Waals surface area (Å²) in [5.41, 5.74) is 4.14. The second-order valence-corrected chi connectivity index (χ2v) is 7.83. The average molecular weight is 362 g/mol. The molecule has 1 aromatic rings. The monoisotopic (exact) mass is 361 g/mol. The smallest absolute Gasteiger partial charge is 0.122 e. The van der Waals surface area contributed by atoms with Crippen LogP contribution in [-0.4, -0.2) is 73.9 Å². The molecule has 2 saturated heterocycles. The maximum Gasteiger partial charge on any atom is 0.122 e. The number of hydrogen-bond donors (Lipinski definition) is 2. The van der Waals surface area contributed by atoms with E-state index in [1.165, 1.54) is 55.6 Å². The number of aliphatic hydroxyl groups excluding tert-OH is 1. The van der Waals surface area contributed by atoms with Crippen LogP contribution in [0.25, 0.3) is 0 Å². The van der Waals surface area contributed by atoms with Gasteiger partial charge >= 0.3 is 0 Å². The number of nitrogens with zero attached hydrogens (tertiary/aromatic N) is 2. The van der Waals surface area contributed by atoms with Crippen LogP contribution < -0.4 is 10.1 Å². The topological polar surface area (TPSA) is 48.0 Å². The van der Waals surface area contributed by atoms with E-state index in [4.69, 9.17) is 9.84 Å². The second kappa shape index (κ2) is 9.18. The average Bonchev–Trinajstić information content (AvgIpc) is 2.64. The molecule has 0 radical (unpaired) electrons. The standard InChI is InChI=1S/C21H35N3O2/c1-16-17(2)21(26-14-10-22-9-13-25)8-7-19(16)20-6-4-5-18-15-23(3)11-12-24(18)20/h7-8,18,20,22,25H,4-6,9-15H2,1-3H3. The van der Waals surface area contributed by atoms with Gasteiger partial charge in [0.05, 0.1) is 6.61 Å². The van der Waals surface area contributed by atoms with E-state index < -0.39 is 0 Å². The van der Waals surface area contributed by atoms with Gasteiger partial charge in [-0.25, -0.2) is 0 Å². The fourth-order valence-electron chi connectivity index (χ4n) is 4.51. The van der Waals surface area contributed by atoms with Crippen molar-refractivity contribution in [2.75, 3.05) is 53.0 Å². The van der Waals surface area contributed by atoms with Crippen molar-refractivity contribution < 1.29 is 9.84 Å². The van der Waals surface area contributed by atoms with Gasteiger partial charge in [0.15, 0.2) is 0 Å². The summed E-state index contributed by atoms with van der Waals surface area (Å²) in [7, 11) is 2.25. The van der Waals surface area contributed by atoms with Crippen LogP contribution in [0.5, 0.6) is 5.75 Å². The van der Waals surface area contributed by atoms with E-state index in [9.17, 15) is 0 Å². The zero-order valence-electron chi connectivity index (χ0n) is 16.6. The SMILES string of the molecule is Cc1c(OCCNCCO)ccc(C2CCCC3CN(C)CCN32)c1C. The number of rotatable bonds is 7. The van der Waals surface area contributed by atoms with Crippen LogP contribution in [0.3, 0.4) is 0 Å². The maximum absolute atomic E-state index is 8.80. The summed E-state index contributed by atoms with van der Waals surface area (Å²) in [6.45, 7) is 10.2. The lowest BCUT2D eigenvalue weighted by atomic mass is 9.86. The third kappa shape index (κ3) is 4.39. The van der Waals surface area contributed by atoms with Gasteiger partial charge in [0, 0.05) is 44.8 Å². The predicted molar refractivity (Wildman–Crippen MR) is 106 cm³/mol. The van der Waals surface area contributed by atoms with Gasteiger partial charge in [0.25, 0.3) is 0 Å². The molecule has 1 aromatic carbocycles. The van der Waals surface area contributed by atoms with Crippen LogP contribution in [0.2, 0.25) is 0 Å². The van der Waals surface area contributed by atoms with Crippen LogP contribution >= 0.6 is 0 Å². The highest BCUT2D eigenvalue weighted by Crippen LogP contribution is 2.39. The molecule has 2 fully saturated rings. The van der Waals surface area contributed by atoms with E-state index in [1.54, 1.807) is 0 Å². The fourth-order valence-corrected chi connectivity index (χ4v) is 4.51. The van der Waals surface area contributed by atoms with Crippen LogP contribution in [-0.2, 0) is 0 Å². The Hall–Kier alpha value is -1.14. The normalized spacial score (nSPS) is 24.5. The summed E-state index contributed by atoms with van der Waals surface area (Å²) in [6.07, 6.45) is 3.93. The largest absolute Gasteiger partial charge is 0.492 e. The molecule has 0 spiro atoms. The Morgan fingerprint density at radius 3 is 2.81 bits per heavy atom. The van der Waals surface area contributed by atoms with E-state index >= 15 is 0 Å². The Balaban J connectivity index is 1.69. The van der Waals surface area contributed by atoms with E-state index in [2.05, 4.69) is 48.1 Å². The zero-order valence-corrected chi connectivity index (χ0v) is 16.6. The van der Waals surface area contributed by atoms with Gasteiger partial charge in [-0.3, -0.25) is 4.90 Å². The number of benzene rings is 1. The van der Waals surface area contributed by atoms with Crippen molar-refractivity contribution in [2.45, 2.75) is 45.2 Å². The molecule has 0 aliphatic carbocycles. The maximum atomic E-state index is 8.80. The number of ether oxygens (including phenoxy) is 1. The Morgan fingerprint density at radius 2 is 2.00 bits per heavy atom. The highest BCUT2D eigenvalue weighted by atomic mass is 16.5. The van der Waals surface area contributed by atoms with Gasteiger partial charge in [-0.15, -0.1) is 0 Å². The van der Waals surface area contributed by atoms with E-state index in [0.717, 1.165) is 12.3 Å². The molecule has 2 N–H and O–H groups in total. The molecule has 2 aliphatic heterocycles. The van der Waals surface area contributed by atoms with Crippen LogP contribution in [0.4, 0.5) is 0 Å². The molecule has 2 aliphatic rings. The first-order valence-electron chi connectivity index (χ1n) is 10.1. The van der Waals surface area contributed by atoms with Crippen molar-refractivity contribution in [3.05, 3.63) is 28.8 Å². The molecule has 26 heavy (non-hydrogen) atoms. The Bertz CT molecular complexity index is 593. The van der Waals surface area contributed by atoms with E-state index in [0.29, 0.717) is 25.2 Å². The molecular weight excluding hydrogens is 326 g/mol. The highest BCUT2D eigenvalue weighted by Gasteiger charge is 2.35. The van der Waals surface area contributed by atoms with Crippen molar-refractivity contribution in [1.29, 1.82) is 0 Å². The first-order valence-corrected chi connectivity index (χ1v) is 10.1. The lowest BCUT2D eigenvalue weighted by molar-refractivity contribution is 0.0183. The van der Waals surface area contributed by atoms with Crippen molar-refractivity contribution in [3.8, 4) is 5.75 Å². The minimum absolute atomic E-state index is 0.168. The molecule has 146 valence electrons. The van der Waals surface area contributed by atoms with Gasteiger partial charge in [-0.1, -0.05) is 6.07 Å². The van der Waals surface area contributed by atoms with Gasteiger partial charge in [-0.05, 0) is 62.9 Å². The summed E-state index contributed by atoms with van der Waals surface area (Å²) in [5, 5.41) is 12.0. The van der Waals surface area contributed by atoms with E-state index in [-0.39, 0.29) is 6.61 Å². The molecule has 2 unspecified atom stereocenters. The van der Waals surface area contributed by atoms with Crippen molar-refractivity contribution in [1.82, 2.24) is 15.1 Å². The number of hydrogen-bond acceptors (Lipinski definition) is 5. The molecule has 2 atom stereocenters. The molecule has 0 aromatic heterocycles. The molecule has 0 bridgehead atoms. The summed E-state index contributed by atoms with van der Waals surface area (Å²) < 4.78 is 5.96. The summed E-state index contributed by atoms with van der Waals surface area (Å²) in [5.74, 6) is 0.989. The third-order valence-corrected chi connectivity index (χ3v) is 6.11. The first kappa shape index (κ1) is 19.6. The molecule has 5 nitrogen and oxygen atoms in total.